The van der Waals surface area contributed by atoms with E-state index in [9.17, 15) is 9.59 Å². The quantitative estimate of drug-likeness (QED) is 0.0549. The zero-order chi connectivity index (χ0) is 45.0. The summed E-state index contributed by atoms with van der Waals surface area (Å²) in [6.45, 7) is 15.8. The number of nitrogens with zero attached hydrogens (tertiary/aromatic N) is 2. The zero-order valence-electron chi connectivity index (χ0n) is 36.8. The van der Waals surface area contributed by atoms with E-state index in [0.717, 1.165) is 67.5 Å². The van der Waals surface area contributed by atoms with Crippen molar-refractivity contribution in [3.8, 4) is 0 Å². The highest BCUT2D eigenvalue weighted by atomic mass is 16.5. The normalized spacial score (nSPS) is 11.1. The summed E-state index contributed by atoms with van der Waals surface area (Å²) >= 11 is 0. The van der Waals surface area contributed by atoms with Crippen LogP contribution in [0.4, 0.5) is 34.1 Å². The molecule has 6 heteroatoms. The third-order valence-corrected chi connectivity index (χ3v) is 11.1. The first kappa shape index (κ1) is 44.1. The van der Waals surface area contributed by atoms with Gasteiger partial charge >= 0.3 is 11.9 Å². The maximum Gasteiger partial charge on any atom is 0.330 e. The molecule has 0 heterocycles. The summed E-state index contributed by atoms with van der Waals surface area (Å²) in [5.74, 6) is -0.882. The van der Waals surface area contributed by atoms with Crippen molar-refractivity contribution in [3.05, 3.63) is 239 Å². The van der Waals surface area contributed by atoms with Gasteiger partial charge in [0.2, 0.25) is 0 Å². The van der Waals surface area contributed by atoms with Crippen molar-refractivity contribution in [2.75, 3.05) is 9.80 Å². The molecule has 0 aliphatic heterocycles. The van der Waals surface area contributed by atoms with Crippen LogP contribution in [0.5, 0.6) is 0 Å². The van der Waals surface area contributed by atoms with Crippen molar-refractivity contribution < 1.29 is 19.1 Å². The Hall–Kier alpha value is -7.96. The van der Waals surface area contributed by atoms with E-state index in [1.807, 2.05) is 24.3 Å². The van der Waals surface area contributed by atoms with E-state index in [4.69, 9.17) is 9.47 Å². The van der Waals surface area contributed by atoms with Crippen molar-refractivity contribution in [2.45, 2.75) is 40.9 Å². The van der Waals surface area contributed by atoms with E-state index in [1.54, 1.807) is 0 Å². The number of carbonyl (C=O) groups excluding carboxylic acids is 2. The van der Waals surface area contributed by atoms with Crippen LogP contribution in [0.15, 0.2) is 183 Å². The molecule has 6 nitrogen and oxygen atoms in total. The van der Waals surface area contributed by atoms with E-state index in [2.05, 4.69) is 208 Å². The standard InChI is InChI=1S/C58H52N2O4/c1-7-57(61)63-39-49-22-32-53(33-23-49)59(55-26-12-41(3)43(5)36-55)51-28-18-45(19-29-51)14-16-47-10-9-11-48(38-47)17-15-46-20-30-52(31-21-46)60(56-27-13-42(4)44(6)37-56)54-34-24-50(25-35-54)40-64-58(62)8-2/h7-38H,1-2,39-40H2,3-6H3. The highest BCUT2D eigenvalue weighted by Crippen LogP contribution is 2.37. The van der Waals surface area contributed by atoms with Gasteiger partial charge in [0.05, 0.1) is 0 Å². The molecule has 0 unspecified atom stereocenters. The van der Waals surface area contributed by atoms with Crippen LogP contribution in [0.3, 0.4) is 0 Å². The van der Waals surface area contributed by atoms with Crippen LogP contribution in [-0.2, 0) is 32.3 Å². The van der Waals surface area contributed by atoms with Gasteiger partial charge in [-0.05, 0) is 162 Å². The molecule has 0 spiro atoms. The van der Waals surface area contributed by atoms with Gasteiger partial charge in [0, 0.05) is 46.3 Å². The van der Waals surface area contributed by atoms with Gasteiger partial charge in [-0.15, -0.1) is 0 Å². The molecule has 0 aliphatic carbocycles. The Labute approximate surface area is 377 Å². The van der Waals surface area contributed by atoms with Crippen LogP contribution in [-0.4, -0.2) is 11.9 Å². The second-order valence-corrected chi connectivity index (χ2v) is 15.7. The predicted octanol–water partition coefficient (Wildman–Crippen LogP) is 14.7. The van der Waals surface area contributed by atoms with E-state index >= 15 is 0 Å². The second-order valence-electron chi connectivity index (χ2n) is 15.7. The number of anilines is 6. The SMILES string of the molecule is C=CC(=O)OCc1ccc(N(c2ccc(C=Cc3cccc(C=Cc4ccc(N(c5ccc(COC(=O)C=C)cc5)c5ccc(C)c(C)c5)cc4)c3)cc2)c2ccc(C)c(C)c2)cc1. The molecule has 64 heavy (non-hydrogen) atoms. The molecule has 0 aromatic heterocycles. The lowest BCUT2D eigenvalue weighted by molar-refractivity contribution is -0.139. The Balaban J connectivity index is 1.05. The number of hydrogen-bond acceptors (Lipinski definition) is 6. The minimum absolute atomic E-state index is 0.190. The summed E-state index contributed by atoms with van der Waals surface area (Å²) in [5.41, 5.74) is 17.3. The second kappa shape index (κ2) is 20.7. The zero-order valence-corrected chi connectivity index (χ0v) is 36.8. The Bertz CT molecular complexity index is 2630. The Kier molecular flexibility index (Phi) is 14.3. The van der Waals surface area contributed by atoms with Gasteiger partial charge in [0.1, 0.15) is 13.2 Å². The van der Waals surface area contributed by atoms with Crippen molar-refractivity contribution in [3.63, 3.8) is 0 Å². The van der Waals surface area contributed by atoms with Gasteiger partial charge in [-0.25, -0.2) is 9.59 Å². The molecule has 0 bridgehead atoms. The fraction of sp³-hybridized carbons (Fsp3) is 0.103. The summed E-state index contributed by atoms with van der Waals surface area (Å²) in [5, 5.41) is 0. The van der Waals surface area contributed by atoms with Crippen molar-refractivity contribution >= 4 is 70.4 Å². The number of rotatable bonds is 16. The predicted molar refractivity (Wildman–Crippen MR) is 265 cm³/mol. The molecular formula is C58H52N2O4. The Morgan fingerprint density at radius 1 is 0.406 bits per heavy atom. The Morgan fingerprint density at radius 3 is 1.08 bits per heavy atom. The molecule has 0 fully saturated rings. The number of ether oxygens (including phenoxy) is 2. The van der Waals surface area contributed by atoms with Gasteiger partial charge in [0.25, 0.3) is 0 Å². The van der Waals surface area contributed by atoms with Gasteiger partial charge in [0.15, 0.2) is 0 Å². The number of benzene rings is 7. The highest BCUT2D eigenvalue weighted by Gasteiger charge is 2.15. The van der Waals surface area contributed by atoms with Crippen molar-refractivity contribution in [1.82, 2.24) is 0 Å². The van der Waals surface area contributed by atoms with Crippen molar-refractivity contribution in [1.29, 1.82) is 0 Å². The lowest BCUT2D eigenvalue weighted by Crippen LogP contribution is -2.10. The first-order valence-corrected chi connectivity index (χ1v) is 21.2. The smallest absolute Gasteiger partial charge is 0.330 e. The van der Waals surface area contributed by atoms with E-state index in [-0.39, 0.29) is 13.2 Å². The Morgan fingerprint density at radius 2 is 0.734 bits per heavy atom. The molecule has 0 atom stereocenters. The number of aryl methyl sites for hydroxylation is 4. The molecule has 7 aromatic carbocycles. The molecule has 0 saturated heterocycles. The molecular weight excluding hydrogens is 789 g/mol. The molecule has 0 saturated carbocycles. The van der Waals surface area contributed by atoms with Gasteiger partial charge < -0.3 is 19.3 Å². The van der Waals surface area contributed by atoms with E-state index in [1.165, 1.54) is 34.4 Å². The summed E-state index contributed by atoms with van der Waals surface area (Å²) in [6.07, 6.45) is 10.9. The molecule has 0 N–H and O–H groups in total. The number of hydrogen-bond donors (Lipinski definition) is 0. The van der Waals surface area contributed by atoms with Crippen LogP contribution < -0.4 is 9.80 Å². The van der Waals surface area contributed by atoms with Crippen molar-refractivity contribution in [2.24, 2.45) is 0 Å². The fourth-order valence-corrected chi connectivity index (χ4v) is 7.15. The minimum atomic E-state index is -0.441. The largest absolute Gasteiger partial charge is 0.458 e. The maximum atomic E-state index is 11.6. The van der Waals surface area contributed by atoms with Gasteiger partial charge in [-0.3, -0.25) is 0 Å². The summed E-state index contributed by atoms with van der Waals surface area (Å²) in [7, 11) is 0. The van der Waals surface area contributed by atoms with E-state index in [0.29, 0.717) is 0 Å². The number of esters is 2. The first-order valence-electron chi connectivity index (χ1n) is 21.2. The maximum absolute atomic E-state index is 11.6. The average Bonchev–Trinajstić information content (AvgIpc) is 3.32. The molecule has 7 rings (SSSR count). The molecule has 318 valence electrons. The summed E-state index contributed by atoms with van der Waals surface area (Å²) < 4.78 is 10.5. The fourth-order valence-electron chi connectivity index (χ4n) is 7.15. The minimum Gasteiger partial charge on any atom is -0.458 e. The third kappa shape index (κ3) is 11.3. The van der Waals surface area contributed by atoms with Crippen LogP contribution >= 0.6 is 0 Å². The first-order chi connectivity index (χ1) is 31.1. The van der Waals surface area contributed by atoms with Gasteiger partial charge in [-0.1, -0.05) is 116 Å². The van der Waals surface area contributed by atoms with E-state index < -0.39 is 11.9 Å². The lowest BCUT2D eigenvalue weighted by atomic mass is 10.1. The molecule has 0 amide bonds. The summed E-state index contributed by atoms with van der Waals surface area (Å²) in [6, 6.07) is 54.7. The molecule has 0 radical (unpaired) electrons. The monoisotopic (exact) mass is 840 g/mol. The summed E-state index contributed by atoms with van der Waals surface area (Å²) in [4.78, 5) is 27.7. The van der Waals surface area contributed by atoms with Crippen LogP contribution in [0.25, 0.3) is 24.3 Å². The number of carbonyl (C=O) groups is 2. The van der Waals surface area contributed by atoms with Crippen LogP contribution in [0.2, 0.25) is 0 Å². The lowest BCUT2D eigenvalue weighted by Gasteiger charge is -2.26. The van der Waals surface area contributed by atoms with Crippen LogP contribution in [0.1, 0.15) is 55.6 Å². The molecule has 7 aromatic rings. The third-order valence-electron chi connectivity index (χ3n) is 11.1. The van der Waals surface area contributed by atoms with Gasteiger partial charge in [-0.2, -0.15) is 0 Å². The highest BCUT2D eigenvalue weighted by molar-refractivity contribution is 5.83. The molecule has 0 aliphatic rings. The van der Waals surface area contributed by atoms with Crippen LogP contribution in [0, 0.1) is 27.7 Å². The topological polar surface area (TPSA) is 59.1 Å². The average molecular weight is 841 g/mol.